The van der Waals surface area contributed by atoms with Crippen molar-refractivity contribution in [2.75, 3.05) is 12.4 Å². The van der Waals surface area contributed by atoms with Crippen molar-refractivity contribution in [1.82, 2.24) is 0 Å². The van der Waals surface area contributed by atoms with E-state index in [1.54, 1.807) is 18.2 Å². The molecule has 8 heteroatoms. The van der Waals surface area contributed by atoms with Crippen molar-refractivity contribution in [2.24, 2.45) is 0 Å². The van der Waals surface area contributed by atoms with Crippen LogP contribution in [0.25, 0.3) is 6.08 Å². The summed E-state index contributed by atoms with van der Waals surface area (Å²) < 4.78 is 4.93. The van der Waals surface area contributed by atoms with Gasteiger partial charge in [-0.3, -0.25) is 14.9 Å². The van der Waals surface area contributed by atoms with Crippen LogP contribution in [0, 0.1) is 10.1 Å². The first-order valence-electron chi connectivity index (χ1n) is 8.96. The first kappa shape index (κ1) is 19.8. The van der Waals surface area contributed by atoms with Gasteiger partial charge in [0.2, 0.25) is 5.91 Å². The van der Waals surface area contributed by atoms with Gasteiger partial charge in [0.25, 0.3) is 5.69 Å². The van der Waals surface area contributed by atoms with Crippen LogP contribution in [0.1, 0.15) is 45.6 Å². The van der Waals surface area contributed by atoms with E-state index in [-0.39, 0.29) is 11.6 Å². The first-order valence-corrected chi connectivity index (χ1v) is 9.77. The van der Waals surface area contributed by atoms with Crippen molar-refractivity contribution in [2.45, 2.75) is 32.1 Å². The molecule has 0 bridgehead atoms. The van der Waals surface area contributed by atoms with Gasteiger partial charge in [0.15, 0.2) is 0 Å². The minimum Gasteiger partial charge on any atom is -0.465 e. The molecular formula is C20H20N2O5S. The van der Waals surface area contributed by atoms with Crippen molar-refractivity contribution in [1.29, 1.82) is 0 Å². The van der Waals surface area contributed by atoms with Crippen LogP contribution in [-0.2, 0) is 22.4 Å². The summed E-state index contributed by atoms with van der Waals surface area (Å²) in [5.41, 5.74) is 2.10. The molecule has 0 spiro atoms. The van der Waals surface area contributed by atoms with Crippen LogP contribution in [-0.4, -0.2) is 23.9 Å². The monoisotopic (exact) mass is 400 g/mol. The Morgan fingerprint density at radius 1 is 1.18 bits per heavy atom. The average molecular weight is 400 g/mol. The summed E-state index contributed by atoms with van der Waals surface area (Å²) in [6, 6.07) is 5.89. The van der Waals surface area contributed by atoms with Gasteiger partial charge in [0.1, 0.15) is 5.00 Å². The molecular weight excluding hydrogens is 380 g/mol. The van der Waals surface area contributed by atoms with Crippen LogP contribution < -0.4 is 5.32 Å². The molecule has 0 saturated heterocycles. The smallest absolute Gasteiger partial charge is 0.341 e. The highest BCUT2D eigenvalue weighted by atomic mass is 32.1. The molecule has 0 unspecified atom stereocenters. The fourth-order valence-corrected chi connectivity index (χ4v) is 4.46. The lowest BCUT2D eigenvalue weighted by Crippen LogP contribution is -2.12. The van der Waals surface area contributed by atoms with E-state index in [1.807, 2.05) is 0 Å². The summed E-state index contributed by atoms with van der Waals surface area (Å²) in [6.07, 6.45) is 7.83. The number of nitro groups is 1. The summed E-state index contributed by atoms with van der Waals surface area (Å²) in [5.74, 6) is -0.811. The van der Waals surface area contributed by atoms with Gasteiger partial charge in [-0.2, -0.15) is 0 Å². The van der Waals surface area contributed by atoms with E-state index < -0.39 is 10.9 Å². The number of ether oxygens (including phenoxy) is 1. The molecule has 7 nitrogen and oxygen atoms in total. The topological polar surface area (TPSA) is 98.5 Å². The Hall–Kier alpha value is -3.00. The number of carbonyl (C=O) groups excluding carboxylic acids is 2. The lowest BCUT2D eigenvalue weighted by atomic mass is 10.1. The van der Waals surface area contributed by atoms with Gasteiger partial charge in [-0.1, -0.05) is 6.42 Å². The van der Waals surface area contributed by atoms with Crippen LogP contribution in [0.15, 0.2) is 30.3 Å². The molecule has 0 saturated carbocycles. The van der Waals surface area contributed by atoms with E-state index in [1.165, 1.54) is 36.7 Å². The number of amides is 1. The number of benzene rings is 1. The number of hydrogen-bond donors (Lipinski definition) is 1. The van der Waals surface area contributed by atoms with Crippen molar-refractivity contribution in [3.8, 4) is 0 Å². The zero-order chi connectivity index (χ0) is 20.1. The molecule has 0 radical (unpaired) electrons. The predicted octanol–water partition coefficient (Wildman–Crippen LogP) is 4.36. The Bertz CT molecular complexity index is 931. The number of hydrogen-bond acceptors (Lipinski definition) is 6. The van der Waals surface area contributed by atoms with Crippen molar-refractivity contribution in [3.63, 3.8) is 0 Å². The number of esters is 1. The molecule has 0 aliphatic heterocycles. The molecule has 1 amide bonds. The molecule has 28 heavy (non-hydrogen) atoms. The van der Waals surface area contributed by atoms with E-state index in [2.05, 4.69) is 5.32 Å². The average Bonchev–Trinajstić information content (AvgIpc) is 2.86. The normalized spacial score (nSPS) is 13.6. The third-order valence-electron chi connectivity index (χ3n) is 4.58. The van der Waals surface area contributed by atoms with Crippen LogP contribution in [0.3, 0.4) is 0 Å². The van der Waals surface area contributed by atoms with Crippen molar-refractivity contribution >= 4 is 40.0 Å². The highest BCUT2D eigenvalue weighted by Crippen LogP contribution is 2.37. The number of fused-ring (bicyclic) bond motifs is 1. The van der Waals surface area contributed by atoms with Gasteiger partial charge in [0, 0.05) is 23.1 Å². The molecule has 1 N–H and O–H groups in total. The Morgan fingerprint density at radius 3 is 2.57 bits per heavy atom. The van der Waals surface area contributed by atoms with Gasteiger partial charge in [-0.15, -0.1) is 11.3 Å². The zero-order valence-electron chi connectivity index (χ0n) is 15.4. The molecule has 0 fully saturated rings. The van der Waals surface area contributed by atoms with Gasteiger partial charge >= 0.3 is 5.97 Å². The lowest BCUT2D eigenvalue weighted by molar-refractivity contribution is -0.384. The minimum absolute atomic E-state index is 0.00981. The summed E-state index contributed by atoms with van der Waals surface area (Å²) in [5, 5.41) is 14.0. The number of nitro benzene ring substituents is 1. The van der Waals surface area contributed by atoms with Crippen molar-refractivity contribution in [3.05, 3.63) is 62.0 Å². The second-order valence-corrected chi connectivity index (χ2v) is 7.54. The highest BCUT2D eigenvalue weighted by molar-refractivity contribution is 7.17. The van der Waals surface area contributed by atoms with E-state index >= 15 is 0 Å². The molecule has 1 aromatic carbocycles. The molecule has 2 aromatic rings. The number of nitrogens with one attached hydrogen (secondary N) is 1. The maximum absolute atomic E-state index is 12.4. The van der Waals surface area contributed by atoms with E-state index in [4.69, 9.17) is 4.74 Å². The first-order chi connectivity index (χ1) is 13.5. The summed E-state index contributed by atoms with van der Waals surface area (Å²) >= 11 is 1.43. The maximum atomic E-state index is 12.4. The van der Waals surface area contributed by atoms with Crippen molar-refractivity contribution < 1.29 is 19.2 Å². The second-order valence-electron chi connectivity index (χ2n) is 6.43. The quantitative estimate of drug-likeness (QED) is 0.264. The number of carbonyl (C=O) groups is 2. The standard InChI is InChI=1S/C20H20N2O5S/c1-27-20(24)18-15-5-3-2-4-6-16(15)28-19(18)21-17(23)12-9-13-7-10-14(11-8-13)22(25)26/h7-12H,2-6H2,1H3,(H,21,23). The zero-order valence-corrected chi connectivity index (χ0v) is 16.2. The fourth-order valence-electron chi connectivity index (χ4n) is 3.18. The number of methoxy groups -OCH3 is 1. The number of aryl methyl sites for hydroxylation is 1. The fraction of sp³-hybridized carbons (Fsp3) is 0.300. The Labute approximate surface area is 166 Å². The van der Waals surface area contributed by atoms with E-state index in [9.17, 15) is 19.7 Å². The third-order valence-corrected chi connectivity index (χ3v) is 5.79. The SMILES string of the molecule is COC(=O)c1c(NC(=O)C=Cc2ccc([N+](=O)[O-])cc2)sc2c1CCCCC2. The van der Waals surface area contributed by atoms with Crippen LogP contribution >= 0.6 is 11.3 Å². The Morgan fingerprint density at radius 2 is 1.89 bits per heavy atom. The Kier molecular flexibility index (Phi) is 6.20. The predicted molar refractivity (Wildman–Crippen MR) is 108 cm³/mol. The largest absolute Gasteiger partial charge is 0.465 e. The summed E-state index contributed by atoms with van der Waals surface area (Å²) in [7, 11) is 1.34. The van der Waals surface area contributed by atoms with Gasteiger partial charge in [-0.25, -0.2) is 4.79 Å². The summed E-state index contributed by atoms with van der Waals surface area (Å²) in [4.78, 5) is 36.0. The number of nitrogens with zero attached hydrogens (tertiary/aromatic N) is 1. The minimum atomic E-state index is -0.477. The van der Waals surface area contributed by atoms with E-state index in [0.717, 1.165) is 42.5 Å². The second kappa shape index (κ2) is 8.79. The van der Waals surface area contributed by atoms with Crippen LogP contribution in [0.2, 0.25) is 0 Å². The number of anilines is 1. The highest BCUT2D eigenvalue weighted by Gasteiger charge is 2.25. The van der Waals surface area contributed by atoms with E-state index in [0.29, 0.717) is 16.1 Å². The number of non-ortho nitro benzene ring substituents is 1. The Balaban J connectivity index is 1.78. The molecule has 1 aromatic heterocycles. The van der Waals surface area contributed by atoms with Crippen LogP contribution in [0.4, 0.5) is 10.7 Å². The number of rotatable bonds is 5. The van der Waals surface area contributed by atoms with Gasteiger partial charge < -0.3 is 10.1 Å². The third kappa shape index (κ3) is 4.45. The summed E-state index contributed by atoms with van der Waals surface area (Å²) in [6.45, 7) is 0. The number of thiophene rings is 1. The van der Waals surface area contributed by atoms with Gasteiger partial charge in [0.05, 0.1) is 17.6 Å². The van der Waals surface area contributed by atoms with Crippen LogP contribution in [0.5, 0.6) is 0 Å². The molecule has 146 valence electrons. The van der Waals surface area contributed by atoms with Gasteiger partial charge in [-0.05, 0) is 55.0 Å². The molecule has 1 aliphatic carbocycles. The molecule has 1 heterocycles. The molecule has 1 aliphatic rings. The molecule has 3 rings (SSSR count). The maximum Gasteiger partial charge on any atom is 0.341 e. The molecule has 0 atom stereocenters. The lowest BCUT2D eigenvalue weighted by Gasteiger charge is -2.06.